The number of aromatic nitrogens is 1. The lowest BCUT2D eigenvalue weighted by Gasteiger charge is -2.23. The Morgan fingerprint density at radius 1 is 0.490 bits per heavy atom. The first-order valence-electron chi connectivity index (χ1n) is 16.9. The van der Waals surface area contributed by atoms with Crippen molar-refractivity contribution in [2.75, 3.05) is 4.90 Å². The highest BCUT2D eigenvalue weighted by molar-refractivity contribution is 7.26. The van der Waals surface area contributed by atoms with Crippen LogP contribution in [0.25, 0.3) is 70.1 Å². The van der Waals surface area contributed by atoms with E-state index in [1.807, 2.05) is 6.07 Å². The van der Waals surface area contributed by atoms with Crippen LogP contribution in [0.3, 0.4) is 0 Å². The van der Waals surface area contributed by atoms with Gasteiger partial charge in [-0.2, -0.15) is 0 Å². The lowest BCUT2D eigenvalue weighted by Crippen LogP contribution is -2.09. The fourth-order valence-corrected chi connectivity index (χ4v) is 8.88. The minimum Gasteiger partial charge on any atom is -0.440 e. The molecule has 3 nitrogen and oxygen atoms in total. The maximum Gasteiger partial charge on any atom is 0.205 e. The monoisotopic (exact) mass is 692 g/mol. The summed E-state index contributed by atoms with van der Waals surface area (Å²) in [7, 11) is 0. The Morgan fingerprint density at radius 3 is 1.98 bits per heavy atom. The van der Waals surface area contributed by atoms with Gasteiger partial charge in [-0.15, -0.1) is 11.3 Å². The van der Waals surface area contributed by atoms with Gasteiger partial charge in [-0.1, -0.05) is 121 Å². The standard InChI is InChI=1S/C46H29ClN2OS/c47-39-28-35(29-44-46(39)38-16-8-10-18-43(38)51-44)48(34-22-19-31(20-23-34)30-11-3-1-4-12-30)45-26-25-42(50-45)32-21-24-37-36-15-7-9-17-40(36)49(41(37)27-32)33-13-5-2-6-14-33/h1-29H. The van der Waals surface area contributed by atoms with Gasteiger partial charge in [0.15, 0.2) is 0 Å². The average molecular weight is 693 g/mol. The van der Waals surface area contributed by atoms with Crippen molar-refractivity contribution in [3.63, 3.8) is 0 Å². The van der Waals surface area contributed by atoms with Crippen molar-refractivity contribution < 1.29 is 4.42 Å². The number of para-hydroxylation sites is 2. The molecule has 3 heterocycles. The Labute approximate surface area is 303 Å². The lowest BCUT2D eigenvalue weighted by atomic mass is 10.1. The summed E-state index contributed by atoms with van der Waals surface area (Å²) in [6.07, 6.45) is 0. The van der Waals surface area contributed by atoms with Crippen molar-refractivity contribution in [1.29, 1.82) is 0 Å². The molecule has 0 aliphatic rings. The van der Waals surface area contributed by atoms with E-state index in [0.717, 1.165) is 54.6 Å². The number of anilines is 3. The van der Waals surface area contributed by atoms with Crippen molar-refractivity contribution in [2.45, 2.75) is 0 Å². The number of furan rings is 1. The summed E-state index contributed by atoms with van der Waals surface area (Å²) in [6, 6.07) is 61.7. The summed E-state index contributed by atoms with van der Waals surface area (Å²) in [5.41, 5.74) is 8.68. The van der Waals surface area contributed by atoms with Crippen molar-refractivity contribution >= 4 is 82.2 Å². The number of thiophene rings is 1. The number of hydrogen-bond acceptors (Lipinski definition) is 3. The predicted octanol–water partition coefficient (Wildman–Crippen LogP) is 14.2. The fraction of sp³-hybridized carbons (Fsp3) is 0. The van der Waals surface area contributed by atoms with Gasteiger partial charge in [0, 0.05) is 53.9 Å². The summed E-state index contributed by atoms with van der Waals surface area (Å²) in [6.45, 7) is 0. The molecule has 0 N–H and O–H groups in total. The third-order valence-electron chi connectivity index (χ3n) is 9.69. The molecule has 0 saturated carbocycles. The van der Waals surface area contributed by atoms with Gasteiger partial charge in [-0.25, -0.2) is 0 Å². The molecular weight excluding hydrogens is 664 g/mol. The van der Waals surface area contributed by atoms with E-state index in [4.69, 9.17) is 16.0 Å². The minimum absolute atomic E-state index is 0.706. The van der Waals surface area contributed by atoms with E-state index in [0.29, 0.717) is 5.88 Å². The molecule has 0 atom stereocenters. The molecule has 0 saturated heterocycles. The first-order valence-corrected chi connectivity index (χ1v) is 18.1. The van der Waals surface area contributed by atoms with Crippen molar-refractivity contribution in [3.05, 3.63) is 181 Å². The molecule has 7 aromatic carbocycles. The molecule has 0 radical (unpaired) electrons. The van der Waals surface area contributed by atoms with E-state index < -0.39 is 0 Å². The molecule has 5 heteroatoms. The van der Waals surface area contributed by atoms with Crippen LogP contribution in [-0.4, -0.2) is 4.57 Å². The van der Waals surface area contributed by atoms with Crippen molar-refractivity contribution in [1.82, 2.24) is 4.57 Å². The minimum atomic E-state index is 0.706. The predicted molar refractivity (Wildman–Crippen MR) is 217 cm³/mol. The van der Waals surface area contributed by atoms with Crippen LogP contribution in [0.2, 0.25) is 5.02 Å². The Balaban J connectivity index is 1.12. The highest BCUT2D eigenvalue weighted by atomic mass is 35.5. The molecule has 0 fully saturated rings. The largest absolute Gasteiger partial charge is 0.440 e. The molecule has 10 aromatic rings. The highest BCUT2D eigenvalue weighted by Crippen LogP contribution is 2.45. The Bertz CT molecular complexity index is 2870. The SMILES string of the molecule is Clc1cc(N(c2ccc(-c3ccccc3)cc2)c2ccc(-c3ccc4c5ccccc5n(-c5ccccc5)c4c3)o2)cc2sc3ccccc3c12. The maximum absolute atomic E-state index is 7.11. The second kappa shape index (κ2) is 12.1. The zero-order valence-corrected chi connectivity index (χ0v) is 28.9. The first-order chi connectivity index (χ1) is 25.2. The molecule has 51 heavy (non-hydrogen) atoms. The molecule has 0 aliphatic carbocycles. The summed E-state index contributed by atoms with van der Waals surface area (Å²) < 4.78 is 11.5. The van der Waals surface area contributed by atoms with Gasteiger partial charge in [0.25, 0.3) is 0 Å². The highest BCUT2D eigenvalue weighted by Gasteiger charge is 2.21. The summed E-state index contributed by atoms with van der Waals surface area (Å²) in [5, 5.41) is 5.41. The lowest BCUT2D eigenvalue weighted by molar-refractivity contribution is 0.588. The fourth-order valence-electron chi connectivity index (χ4n) is 7.34. The normalized spacial score (nSPS) is 11.6. The summed E-state index contributed by atoms with van der Waals surface area (Å²) in [5.74, 6) is 1.49. The van der Waals surface area contributed by atoms with Crippen LogP contribution in [0.15, 0.2) is 180 Å². The van der Waals surface area contributed by atoms with Gasteiger partial charge in [0.05, 0.1) is 21.7 Å². The average Bonchev–Trinajstić information content (AvgIpc) is 3.90. The summed E-state index contributed by atoms with van der Waals surface area (Å²) >= 11 is 8.87. The van der Waals surface area contributed by atoms with E-state index in [9.17, 15) is 0 Å². The van der Waals surface area contributed by atoms with Crippen LogP contribution in [0, 0.1) is 0 Å². The zero-order valence-electron chi connectivity index (χ0n) is 27.3. The number of fused-ring (bicyclic) bond motifs is 6. The van der Waals surface area contributed by atoms with E-state index in [1.54, 1.807) is 11.3 Å². The number of halogens is 1. The van der Waals surface area contributed by atoms with E-state index in [1.165, 1.54) is 31.9 Å². The van der Waals surface area contributed by atoms with Crippen LogP contribution < -0.4 is 4.90 Å². The number of hydrogen-bond donors (Lipinski definition) is 0. The maximum atomic E-state index is 7.11. The molecule has 3 aromatic heterocycles. The van der Waals surface area contributed by atoms with Crippen LogP contribution in [-0.2, 0) is 0 Å². The van der Waals surface area contributed by atoms with E-state index in [-0.39, 0.29) is 0 Å². The topological polar surface area (TPSA) is 21.3 Å². The molecule has 10 rings (SSSR count). The second-order valence-corrected chi connectivity index (χ2v) is 14.2. The third-order valence-corrected chi connectivity index (χ3v) is 11.1. The quantitative estimate of drug-likeness (QED) is 0.173. The van der Waals surface area contributed by atoms with Gasteiger partial charge >= 0.3 is 0 Å². The third kappa shape index (κ3) is 5.03. The van der Waals surface area contributed by atoms with Gasteiger partial charge in [-0.05, 0) is 71.8 Å². The Morgan fingerprint density at radius 2 is 1.16 bits per heavy atom. The van der Waals surface area contributed by atoms with E-state index in [2.05, 4.69) is 179 Å². The number of benzene rings is 7. The molecule has 0 spiro atoms. The number of nitrogens with zero attached hydrogens (tertiary/aromatic N) is 2. The Kier molecular flexibility index (Phi) is 7.05. The van der Waals surface area contributed by atoms with Gasteiger partial charge in [-0.3, -0.25) is 4.90 Å². The zero-order chi connectivity index (χ0) is 33.9. The molecule has 0 amide bonds. The molecule has 0 unspecified atom stereocenters. The Hall–Kier alpha value is -6.07. The van der Waals surface area contributed by atoms with Crippen molar-refractivity contribution in [2.24, 2.45) is 0 Å². The summed E-state index contributed by atoms with van der Waals surface area (Å²) in [4.78, 5) is 2.16. The van der Waals surface area contributed by atoms with Crippen LogP contribution in [0.4, 0.5) is 17.3 Å². The van der Waals surface area contributed by atoms with Crippen LogP contribution >= 0.6 is 22.9 Å². The first kappa shape index (κ1) is 29.8. The van der Waals surface area contributed by atoms with Gasteiger partial charge < -0.3 is 8.98 Å². The van der Waals surface area contributed by atoms with Crippen LogP contribution in [0.5, 0.6) is 0 Å². The van der Waals surface area contributed by atoms with Crippen LogP contribution in [0.1, 0.15) is 0 Å². The second-order valence-electron chi connectivity index (χ2n) is 12.7. The van der Waals surface area contributed by atoms with E-state index >= 15 is 0 Å². The molecule has 0 aliphatic heterocycles. The molecular formula is C46H29ClN2OS. The molecule has 0 bridgehead atoms. The molecule has 242 valence electrons. The van der Waals surface area contributed by atoms with Gasteiger partial charge in [0.1, 0.15) is 5.76 Å². The number of rotatable bonds is 6. The smallest absolute Gasteiger partial charge is 0.205 e. The van der Waals surface area contributed by atoms with Gasteiger partial charge in [0.2, 0.25) is 5.88 Å². The van der Waals surface area contributed by atoms with Crippen molar-refractivity contribution in [3.8, 4) is 28.1 Å².